The molecule has 3 aromatic rings. The zero-order valence-corrected chi connectivity index (χ0v) is 17.1. The van der Waals surface area contributed by atoms with Crippen molar-refractivity contribution in [3.05, 3.63) is 47.9 Å². The van der Waals surface area contributed by atoms with Crippen molar-refractivity contribution in [3.8, 4) is 0 Å². The molecular weight excluding hydrogens is 366 g/mol. The molecule has 5 rings (SSSR count). The molecule has 1 saturated carbocycles. The molecule has 2 aliphatic rings. The molecule has 29 heavy (non-hydrogen) atoms. The number of nitrogens with zero attached hydrogens (tertiary/aromatic N) is 4. The standard InChI is InChI=1S/C22H29N5O2/c1-28-14-19-13-27(25-24-19)21-8-17-11-26(12-18(17)9-22(21)29-2)10-15-3-4-16-5-6-23-20(16)7-15/h3-7,13,17-18,21-23H,8-12,14H2,1-2H3/t17-,18+,21-,22-/m1/s1. The second-order valence-electron chi connectivity index (χ2n) is 8.55. The number of ether oxygens (including phenoxy) is 2. The minimum atomic E-state index is 0.184. The number of aromatic amines is 1. The van der Waals surface area contributed by atoms with Crippen LogP contribution in [-0.2, 0) is 22.6 Å². The number of hydrogen-bond donors (Lipinski definition) is 1. The molecule has 7 nitrogen and oxygen atoms in total. The monoisotopic (exact) mass is 395 g/mol. The van der Waals surface area contributed by atoms with E-state index in [4.69, 9.17) is 9.47 Å². The lowest BCUT2D eigenvalue weighted by Crippen LogP contribution is -2.37. The lowest BCUT2D eigenvalue weighted by Gasteiger charge is -2.37. The molecule has 1 aliphatic heterocycles. The molecule has 0 unspecified atom stereocenters. The minimum Gasteiger partial charge on any atom is -0.379 e. The largest absolute Gasteiger partial charge is 0.379 e. The van der Waals surface area contributed by atoms with Crippen LogP contribution in [0.2, 0.25) is 0 Å². The number of methoxy groups -OCH3 is 2. The maximum Gasteiger partial charge on any atom is 0.108 e. The SMILES string of the molecule is COCc1cn([C@@H]2C[C@@H]3CN(Cc4ccc5cc[nH]c5c4)C[C@@H]3C[C@H]2OC)nn1. The maximum absolute atomic E-state index is 5.89. The molecule has 2 aromatic heterocycles. The van der Waals surface area contributed by atoms with E-state index >= 15 is 0 Å². The summed E-state index contributed by atoms with van der Waals surface area (Å²) >= 11 is 0. The molecule has 0 bridgehead atoms. The highest BCUT2D eigenvalue weighted by Gasteiger charge is 2.43. The van der Waals surface area contributed by atoms with Gasteiger partial charge < -0.3 is 14.5 Å². The Hall–Kier alpha value is -2.22. The first-order valence-electron chi connectivity index (χ1n) is 10.4. The van der Waals surface area contributed by atoms with Crippen molar-refractivity contribution in [1.29, 1.82) is 0 Å². The van der Waals surface area contributed by atoms with Gasteiger partial charge in [0.2, 0.25) is 0 Å². The first-order valence-corrected chi connectivity index (χ1v) is 10.4. The Balaban J connectivity index is 1.28. The van der Waals surface area contributed by atoms with Crippen LogP contribution >= 0.6 is 0 Å². The van der Waals surface area contributed by atoms with Crippen molar-refractivity contribution in [2.75, 3.05) is 27.3 Å². The number of fused-ring (bicyclic) bond motifs is 2. The summed E-state index contributed by atoms with van der Waals surface area (Å²) in [5.74, 6) is 1.36. The fourth-order valence-corrected chi connectivity index (χ4v) is 5.29. The van der Waals surface area contributed by atoms with Crippen molar-refractivity contribution in [2.45, 2.75) is 38.1 Å². The molecule has 1 aliphatic carbocycles. The number of H-pyrrole nitrogens is 1. The Morgan fingerprint density at radius 1 is 1.14 bits per heavy atom. The smallest absolute Gasteiger partial charge is 0.108 e. The molecule has 3 heterocycles. The average Bonchev–Trinajstić information content (AvgIpc) is 3.45. The van der Waals surface area contributed by atoms with E-state index in [1.807, 2.05) is 24.2 Å². The Bertz CT molecular complexity index is 967. The van der Waals surface area contributed by atoms with Crippen LogP contribution in [0.4, 0.5) is 0 Å². The first-order chi connectivity index (χ1) is 14.2. The number of nitrogens with one attached hydrogen (secondary N) is 1. The number of hydrogen-bond acceptors (Lipinski definition) is 5. The second kappa shape index (κ2) is 7.89. The molecule has 2 fully saturated rings. The lowest BCUT2D eigenvalue weighted by molar-refractivity contribution is -0.00548. The fraction of sp³-hybridized carbons (Fsp3) is 0.545. The van der Waals surface area contributed by atoms with Crippen molar-refractivity contribution in [3.63, 3.8) is 0 Å². The van der Waals surface area contributed by atoms with E-state index in [2.05, 4.69) is 44.5 Å². The van der Waals surface area contributed by atoms with Gasteiger partial charge >= 0.3 is 0 Å². The summed E-state index contributed by atoms with van der Waals surface area (Å²) in [6.07, 6.45) is 6.37. The number of likely N-dealkylation sites (tertiary alicyclic amines) is 1. The molecule has 0 spiro atoms. The summed E-state index contributed by atoms with van der Waals surface area (Å²) < 4.78 is 13.1. The van der Waals surface area contributed by atoms with Gasteiger partial charge in [-0.2, -0.15) is 0 Å². The molecule has 4 atom stereocenters. The van der Waals surface area contributed by atoms with Gasteiger partial charge in [-0.05, 0) is 47.8 Å². The van der Waals surface area contributed by atoms with Gasteiger partial charge in [0.05, 0.1) is 24.9 Å². The van der Waals surface area contributed by atoms with E-state index in [0.717, 1.165) is 38.2 Å². The van der Waals surface area contributed by atoms with Crippen molar-refractivity contribution >= 4 is 10.9 Å². The van der Waals surface area contributed by atoms with E-state index in [1.165, 1.54) is 16.5 Å². The van der Waals surface area contributed by atoms with E-state index in [0.29, 0.717) is 18.4 Å². The van der Waals surface area contributed by atoms with Gasteiger partial charge in [0, 0.05) is 45.6 Å². The van der Waals surface area contributed by atoms with Gasteiger partial charge in [-0.15, -0.1) is 5.10 Å². The third-order valence-corrected chi connectivity index (χ3v) is 6.68. The van der Waals surface area contributed by atoms with Crippen LogP contribution in [0, 0.1) is 11.8 Å². The third-order valence-electron chi connectivity index (χ3n) is 6.68. The highest BCUT2D eigenvalue weighted by molar-refractivity contribution is 5.79. The summed E-state index contributed by atoms with van der Waals surface area (Å²) in [5, 5.41) is 9.89. The maximum atomic E-state index is 5.89. The van der Waals surface area contributed by atoms with Crippen molar-refractivity contribution in [1.82, 2.24) is 24.9 Å². The summed E-state index contributed by atoms with van der Waals surface area (Å²) in [5.41, 5.74) is 3.47. The Kier molecular flexibility index (Phi) is 5.11. The molecule has 0 radical (unpaired) electrons. The zero-order valence-electron chi connectivity index (χ0n) is 17.1. The van der Waals surface area contributed by atoms with Gasteiger partial charge in [-0.1, -0.05) is 17.3 Å². The number of aromatic nitrogens is 4. The fourth-order valence-electron chi connectivity index (χ4n) is 5.29. The normalized spacial score (nSPS) is 27.5. The Morgan fingerprint density at radius 3 is 2.83 bits per heavy atom. The highest BCUT2D eigenvalue weighted by Crippen LogP contribution is 2.42. The lowest BCUT2D eigenvalue weighted by atomic mass is 9.77. The van der Waals surface area contributed by atoms with Crippen LogP contribution in [-0.4, -0.2) is 58.3 Å². The second-order valence-corrected chi connectivity index (χ2v) is 8.55. The van der Waals surface area contributed by atoms with Crippen molar-refractivity contribution < 1.29 is 9.47 Å². The van der Waals surface area contributed by atoms with Crippen LogP contribution in [0.25, 0.3) is 10.9 Å². The minimum absolute atomic E-state index is 0.184. The predicted molar refractivity (Wildman–Crippen MR) is 110 cm³/mol. The topological polar surface area (TPSA) is 68.2 Å². The summed E-state index contributed by atoms with van der Waals surface area (Å²) in [6, 6.07) is 9.12. The van der Waals surface area contributed by atoms with Gasteiger partial charge in [-0.3, -0.25) is 4.90 Å². The Morgan fingerprint density at radius 2 is 2.00 bits per heavy atom. The van der Waals surface area contributed by atoms with Crippen LogP contribution in [0.3, 0.4) is 0 Å². The molecule has 0 amide bonds. The summed E-state index contributed by atoms with van der Waals surface area (Å²) in [6.45, 7) is 3.78. The molecular formula is C22H29N5O2. The van der Waals surface area contributed by atoms with Crippen molar-refractivity contribution in [2.24, 2.45) is 11.8 Å². The summed E-state index contributed by atoms with van der Waals surface area (Å²) in [7, 11) is 3.51. The highest BCUT2D eigenvalue weighted by atomic mass is 16.5. The van der Waals surface area contributed by atoms with Crippen LogP contribution in [0.1, 0.15) is 30.1 Å². The van der Waals surface area contributed by atoms with E-state index < -0.39 is 0 Å². The van der Waals surface area contributed by atoms with Crippen LogP contribution < -0.4 is 0 Å². The van der Waals surface area contributed by atoms with E-state index in [9.17, 15) is 0 Å². The van der Waals surface area contributed by atoms with Crippen LogP contribution in [0.5, 0.6) is 0 Å². The zero-order chi connectivity index (χ0) is 19.8. The van der Waals surface area contributed by atoms with Gasteiger partial charge in [0.1, 0.15) is 5.69 Å². The molecule has 154 valence electrons. The average molecular weight is 396 g/mol. The predicted octanol–water partition coefficient (Wildman–Crippen LogP) is 3.00. The molecule has 1 saturated heterocycles. The Labute approximate surface area is 171 Å². The number of rotatable bonds is 6. The third kappa shape index (κ3) is 3.70. The molecule has 1 N–H and O–H groups in total. The molecule has 1 aromatic carbocycles. The van der Waals surface area contributed by atoms with E-state index in [1.54, 1.807) is 7.11 Å². The van der Waals surface area contributed by atoms with Gasteiger partial charge in [0.25, 0.3) is 0 Å². The van der Waals surface area contributed by atoms with Gasteiger partial charge in [-0.25, -0.2) is 4.68 Å². The first kappa shape index (κ1) is 18.8. The quantitative estimate of drug-likeness (QED) is 0.695. The van der Waals surface area contributed by atoms with Gasteiger partial charge in [0.15, 0.2) is 0 Å². The molecule has 7 heteroatoms. The van der Waals surface area contributed by atoms with Crippen LogP contribution in [0.15, 0.2) is 36.7 Å². The van der Waals surface area contributed by atoms with E-state index in [-0.39, 0.29) is 12.1 Å². The number of benzene rings is 1. The summed E-state index contributed by atoms with van der Waals surface area (Å²) in [4.78, 5) is 5.93.